The van der Waals surface area contributed by atoms with E-state index in [0.29, 0.717) is 10.9 Å². The summed E-state index contributed by atoms with van der Waals surface area (Å²) in [5.41, 5.74) is 2.84. The first kappa shape index (κ1) is 17.3. The largest absolute Gasteiger partial charge is 0.483 e. The fraction of sp³-hybridized carbons (Fsp3) is 0.167. The van der Waals surface area contributed by atoms with Gasteiger partial charge in [0.05, 0.1) is 20.4 Å². The normalized spacial score (nSPS) is 11.2. The van der Waals surface area contributed by atoms with Gasteiger partial charge in [-0.25, -0.2) is 9.97 Å². The topological polar surface area (TPSA) is 64.1 Å². The number of aromatic nitrogens is 2. The number of carbonyl (C=O) groups is 1. The zero-order chi connectivity index (χ0) is 18.1. The third-order valence-corrected chi connectivity index (χ3v) is 6.97. The molecule has 4 rings (SSSR count). The molecule has 1 amide bonds. The Morgan fingerprint density at radius 1 is 1.12 bits per heavy atom. The van der Waals surface area contributed by atoms with E-state index in [0.717, 1.165) is 30.3 Å². The Bertz CT molecular complexity index is 1100. The lowest BCUT2D eigenvalue weighted by atomic mass is 10.2. The Morgan fingerprint density at radius 3 is 2.62 bits per heavy atom. The van der Waals surface area contributed by atoms with E-state index in [4.69, 9.17) is 4.74 Å². The van der Waals surface area contributed by atoms with E-state index in [1.54, 1.807) is 23.1 Å². The molecule has 0 atom stereocenters. The number of hydrogen-bond donors (Lipinski definition) is 1. The van der Waals surface area contributed by atoms with Crippen molar-refractivity contribution >= 4 is 65.9 Å². The van der Waals surface area contributed by atoms with E-state index in [2.05, 4.69) is 15.3 Å². The van der Waals surface area contributed by atoms with Gasteiger partial charge in [0.1, 0.15) is 5.75 Å². The molecule has 132 valence electrons. The van der Waals surface area contributed by atoms with Crippen LogP contribution in [-0.2, 0) is 4.79 Å². The number of amides is 1. The fourth-order valence-electron chi connectivity index (χ4n) is 2.51. The van der Waals surface area contributed by atoms with Crippen molar-refractivity contribution < 1.29 is 9.53 Å². The van der Waals surface area contributed by atoms with Crippen LogP contribution in [-0.4, -0.2) is 28.7 Å². The molecule has 0 fully saturated rings. The van der Waals surface area contributed by atoms with Gasteiger partial charge in [-0.1, -0.05) is 41.3 Å². The molecule has 8 heteroatoms. The molecule has 0 bridgehead atoms. The second kappa shape index (κ2) is 7.22. The number of aryl methyl sites for hydroxylation is 1. The SMILES string of the molecule is CSc1nc2ccc3nc(NC(=O)COc4ccccc4C)sc3c2s1. The Balaban J connectivity index is 1.51. The van der Waals surface area contributed by atoms with Gasteiger partial charge in [-0.2, -0.15) is 0 Å². The molecule has 1 N–H and O–H groups in total. The van der Waals surface area contributed by atoms with Crippen molar-refractivity contribution in [2.45, 2.75) is 11.3 Å². The van der Waals surface area contributed by atoms with Crippen molar-refractivity contribution in [1.82, 2.24) is 9.97 Å². The Kier molecular flexibility index (Phi) is 4.80. The van der Waals surface area contributed by atoms with Gasteiger partial charge in [0.15, 0.2) is 16.1 Å². The molecule has 0 aliphatic heterocycles. The van der Waals surface area contributed by atoms with Crippen LogP contribution in [0.2, 0.25) is 0 Å². The average molecular weight is 402 g/mol. The number of thiazole rings is 2. The van der Waals surface area contributed by atoms with Crippen LogP contribution in [0.1, 0.15) is 5.56 Å². The monoisotopic (exact) mass is 401 g/mol. The third-order valence-electron chi connectivity index (χ3n) is 3.77. The molecule has 0 aliphatic carbocycles. The fourth-order valence-corrected chi connectivity index (χ4v) is 5.19. The molecular weight excluding hydrogens is 386 g/mol. The van der Waals surface area contributed by atoms with Crippen LogP contribution in [0.5, 0.6) is 5.75 Å². The maximum Gasteiger partial charge on any atom is 0.264 e. The zero-order valence-corrected chi connectivity index (χ0v) is 16.6. The highest BCUT2D eigenvalue weighted by molar-refractivity contribution is 8.00. The Morgan fingerprint density at radius 2 is 1.85 bits per heavy atom. The van der Waals surface area contributed by atoms with Crippen molar-refractivity contribution in [3.63, 3.8) is 0 Å². The molecule has 0 aliphatic rings. The smallest absolute Gasteiger partial charge is 0.264 e. The molecule has 26 heavy (non-hydrogen) atoms. The van der Waals surface area contributed by atoms with Gasteiger partial charge in [-0.15, -0.1) is 11.3 Å². The number of nitrogens with one attached hydrogen (secondary N) is 1. The first-order valence-electron chi connectivity index (χ1n) is 7.86. The van der Waals surface area contributed by atoms with E-state index >= 15 is 0 Å². The number of rotatable bonds is 5. The molecule has 0 saturated heterocycles. The number of carbonyl (C=O) groups excluding carboxylic acids is 1. The minimum atomic E-state index is -0.224. The van der Waals surface area contributed by atoms with E-state index in [1.807, 2.05) is 49.6 Å². The number of para-hydroxylation sites is 1. The maximum absolute atomic E-state index is 12.2. The van der Waals surface area contributed by atoms with Gasteiger partial charge >= 0.3 is 0 Å². The zero-order valence-electron chi connectivity index (χ0n) is 14.1. The lowest BCUT2D eigenvalue weighted by Gasteiger charge is -2.07. The Hall–Kier alpha value is -2.16. The molecule has 0 spiro atoms. The predicted molar refractivity (Wildman–Crippen MR) is 110 cm³/mol. The van der Waals surface area contributed by atoms with Crippen LogP contribution < -0.4 is 10.1 Å². The molecule has 2 aromatic carbocycles. The summed E-state index contributed by atoms with van der Waals surface area (Å²) in [4.78, 5) is 21.3. The standard InChI is InChI=1S/C18H15N3O2S3/c1-10-5-3-4-6-13(10)23-9-14(22)21-17-19-11-7-8-12-16(15(11)25-17)26-18(20-12)24-2/h3-8H,9H2,1-2H3,(H,19,21,22). The molecule has 0 saturated carbocycles. The van der Waals surface area contributed by atoms with Crippen LogP contribution in [0.4, 0.5) is 5.13 Å². The number of anilines is 1. The molecule has 2 aromatic heterocycles. The molecule has 0 unspecified atom stereocenters. The van der Waals surface area contributed by atoms with E-state index in [9.17, 15) is 4.79 Å². The quantitative estimate of drug-likeness (QED) is 0.479. The third kappa shape index (κ3) is 3.40. The number of fused-ring (bicyclic) bond motifs is 3. The van der Waals surface area contributed by atoms with Gasteiger partial charge in [0.25, 0.3) is 5.91 Å². The minimum Gasteiger partial charge on any atom is -0.483 e. The molecule has 2 heterocycles. The van der Waals surface area contributed by atoms with Crippen molar-refractivity contribution in [3.8, 4) is 5.75 Å². The lowest BCUT2D eigenvalue weighted by Crippen LogP contribution is -2.20. The molecule has 4 aromatic rings. The highest BCUT2D eigenvalue weighted by Gasteiger charge is 2.13. The second-order valence-electron chi connectivity index (χ2n) is 5.57. The summed E-state index contributed by atoms with van der Waals surface area (Å²) in [5.74, 6) is 0.487. The number of ether oxygens (including phenoxy) is 1. The highest BCUT2D eigenvalue weighted by atomic mass is 32.2. The van der Waals surface area contributed by atoms with E-state index in [-0.39, 0.29) is 12.5 Å². The van der Waals surface area contributed by atoms with Crippen LogP contribution in [0, 0.1) is 6.92 Å². The van der Waals surface area contributed by atoms with Crippen LogP contribution in [0.25, 0.3) is 20.4 Å². The van der Waals surface area contributed by atoms with Crippen molar-refractivity contribution in [1.29, 1.82) is 0 Å². The summed E-state index contributed by atoms with van der Waals surface area (Å²) in [5, 5.41) is 3.40. The highest BCUT2D eigenvalue weighted by Crippen LogP contribution is 2.37. The summed E-state index contributed by atoms with van der Waals surface area (Å²) in [6.07, 6.45) is 2.02. The van der Waals surface area contributed by atoms with Crippen molar-refractivity contribution in [2.24, 2.45) is 0 Å². The summed E-state index contributed by atoms with van der Waals surface area (Å²) in [6, 6.07) is 11.5. The maximum atomic E-state index is 12.2. The summed E-state index contributed by atoms with van der Waals surface area (Å²) >= 11 is 4.75. The minimum absolute atomic E-state index is 0.0482. The lowest BCUT2D eigenvalue weighted by molar-refractivity contribution is -0.118. The molecule has 5 nitrogen and oxygen atoms in total. The van der Waals surface area contributed by atoms with Gasteiger partial charge in [0.2, 0.25) is 0 Å². The first-order valence-corrected chi connectivity index (χ1v) is 10.7. The number of thioether (sulfide) groups is 1. The van der Waals surface area contributed by atoms with Crippen LogP contribution >= 0.6 is 34.4 Å². The average Bonchev–Trinajstić information content (AvgIpc) is 3.23. The van der Waals surface area contributed by atoms with Crippen molar-refractivity contribution in [2.75, 3.05) is 18.2 Å². The van der Waals surface area contributed by atoms with Crippen LogP contribution in [0.3, 0.4) is 0 Å². The predicted octanol–water partition coefficient (Wildman–Crippen LogP) is 4.95. The summed E-state index contributed by atoms with van der Waals surface area (Å²) in [6.45, 7) is 1.90. The summed E-state index contributed by atoms with van der Waals surface area (Å²) in [7, 11) is 0. The molecule has 0 radical (unpaired) electrons. The van der Waals surface area contributed by atoms with Gasteiger partial charge in [-0.05, 0) is 36.9 Å². The van der Waals surface area contributed by atoms with Gasteiger partial charge in [-0.3, -0.25) is 10.1 Å². The molecular formula is C18H15N3O2S3. The van der Waals surface area contributed by atoms with Gasteiger partial charge in [0, 0.05) is 0 Å². The van der Waals surface area contributed by atoms with E-state index < -0.39 is 0 Å². The first-order chi connectivity index (χ1) is 12.6. The Labute approximate surface area is 162 Å². The van der Waals surface area contributed by atoms with E-state index in [1.165, 1.54) is 11.3 Å². The second-order valence-corrected chi connectivity index (χ2v) is 8.62. The number of nitrogens with zero attached hydrogens (tertiary/aromatic N) is 2. The van der Waals surface area contributed by atoms with Crippen LogP contribution in [0.15, 0.2) is 40.7 Å². The van der Waals surface area contributed by atoms with Crippen molar-refractivity contribution in [3.05, 3.63) is 42.0 Å². The van der Waals surface area contributed by atoms with Gasteiger partial charge < -0.3 is 4.74 Å². The number of hydrogen-bond acceptors (Lipinski definition) is 7. The number of benzene rings is 2. The summed E-state index contributed by atoms with van der Waals surface area (Å²) < 4.78 is 8.78.